The molecule has 0 aromatic heterocycles. The number of rotatable bonds is 1. The maximum atomic E-state index is 5.50. The summed E-state index contributed by atoms with van der Waals surface area (Å²) in [6, 6.07) is 4.15. The molecule has 1 aliphatic heterocycles. The zero-order valence-electron chi connectivity index (χ0n) is 8.09. The van der Waals surface area contributed by atoms with Crippen LogP contribution >= 0.6 is 0 Å². The molecule has 2 heteroatoms. The Hall–Kier alpha value is -1.18. The summed E-state index contributed by atoms with van der Waals surface area (Å²) >= 11 is 0. The Kier molecular flexibility index (Phi) is 2.13. The first-order valence-corrected chi connectivity index (χ1v) is 4.70. The second kappa shape index (κ2) is 3.29. The zero-order valence-corrected chi connectivity index (χ0v) is 8.09. The molecule has 0 fully saturated rings. The number of benzene rings is 1. The van der Waals surface area contributed by atoms with E-state index in [1.807, 2.05) is 0 Å². The van der Waals surface area contributed by atoms with Crippen molar-refractivity contribution in [2.24, 2.45) is 0 Å². The number of fused-ring (bicyclic) bond motifs is 1. The van der Waals surface area contributed by atoms with Crippen molar-refractivity contribution in [3.8, 4) is 11.5 Å². The molecule has 0 N–H and O–H groups in total. The molecule has 0 bridgehead atoms. The van der Waals surface area contributed by atoms with Crippen LogP contribution in [0.1, 0.15) is 18.1 Å². The van der Waals surface area contributed by atoms with Gasteiger partial charge in [0.05, 0.1) is 0 Å². The highest BCUT2D eigenvalue weighted by molar-refractivity contribution is 5.47. The Morgan fingerprint density at radius 1 is 1.15 bits per heavy atom. The summed E-state index contributed by atoms with van der Waals surface area (Å²) < 4.78 is 11.0. The molecule has 0 spiro atoms. The third kappa shape index (κ3) is 1.48. The number of hydrogen-bond acceptors (Lipinski definition) is 2. The van der Waals surface area contributed by atoms with Gasteiger partial charge in [0.2, 0.25) is 0 Å². The van der Waals surface area contributed by atoms with E-state index in [-0.39, 0.29) is 0 Å². The third-order valence-corrected chi connectivity index (χ3v) is 2.38. The van der Waals surface area contributed by atoms with Gasteiger partial charge in [0.15, 0.2) is 11.5 Å². The molecule has 1 aromatic rings. The maximum absolute atomic E-state index is 5.50. The van der Waals surface area contributed by atoms with Crippen LogP contribution in [0.5, 0.6) is 11.5 Å². The van der Waals surface area contributed by atoms with Crippen LogP contribution in [0.15, 0.2) is 12.1 Å². The van der Waals surface area contributed by atoms with E-state index >= 15 is 0 Å². The SMILES string of the molecule is CCc1cc2c(cc1C)OCCO2. The topological polar surface area (TPSA) is 18.5 Å². The van der Waals surface area contributed by atoms with Gasteiger partial charge in [0.1, 0.15) is 13.2 Å². The van der Waals surface area contributed by atoms with E-state index in [0.717, 1.165) is 17.9 Å². The zero-order chi connectivity index (χ0) is 9.26. The maximum Gasteiger partial charge on any atom is 0.161 e. The molecule has 2 nitrogen and oxygen atoms in total. The van der Waals surface area contributed by atoms with Crippen molar-refractivity contribution in [1.82, 2.24) is 0 Å². The van der Waals surface area contributed by atoms with Crippen molar-refractivity contribution in [2.75, 3.05) is 13.2 Å². The smallest absolute Gasteiger partial charge is 0.161 e. The Balaban J connectivity index is 2.44. The van der Waals surface area contributed by atoms with Crippen LogP contribution in [-0.4, -0.2) is 13.2 Å². The molecule has 0 radical (unpaired) electrons. The second-order valence-corrected chi connectivity index (χ2v) is 3.28. The van der Waals surface area contributed by atoms with Crippen molar-refractivity contribution in [3.63, 3.8) is 0 Å². The molecule has 1 heterocycles. The first-order chi connectivity index (χ1) is 6.31. The van der Waals surface area contributed by atoms with E-state index in [2.05, 4.69) is 26.0 Å². The normalized spacial score (nSPS) is 14.3. The van der Waals surface area contributed by atoms with Gasteiger partial charge in [-0.25, -0.2) is 0 Å². The van der Waals surface area contributed by atoms with E-state index in [1.165, 1.54) is 11.1 Å². The lowest BCUT2D eigenvalue weighted by Gasteiger charge is -2.20. The summed E-state index contributed by atoms with van der Waals surface area (Å²) in [6.45, 7) is 5.59. The van der Waals surface area contributed by atoms with Gasteiger partial charge in [-0.15, -0.1) is 0 Å². The van der Waals surface area contributed by atoms with Gasteiger partial charge in [-0.3, -0.25) is 0 Å². The number of ether oxygens (including phenoxy) is 2. The summed E-state index contributed by atoms with van der Waals surface area (Å²) in [5.74, 6) is 1.79. The van der Waals surface area contributed by atoms with Gasteiger partial charge >= 0.3 is 0 Å². The average Bonchev–Trinajstić information content (AvgIpc) is 2.17. The second-order valence-electron chi connectivity index (χ2n) is 3.28. The third-order valence-electron chi connectivity index (χ3n) is 2.38. The molecule has 0 saturated heterocycles. The fourth-order valence-corrected chi connectivity index (χ4v) is 1.61. The van der Waals surface area contributed by atoms with Crippen molar-refractivity contribution in [2.45, 2.75) is 20.3 Å². The highest BCUT2D eigenvalue weighted by Gasteiger charge is 2.12. The van der Waals surface area contributed by atoms with Crippen LogP contribution in [0.25, 0.3) is 0 Å². The average molecular weight is 178 g/mol. The molecule has 1 aliphatic rings. The molecule has 1 aromatic carbocycles. The fourth-order valence-electron chi connectivity index (χ4n) is 1.61. The highest BCUT2D eigenvalue weighted by atomic mass is 16.6. The van der Waals surface area contributed by atoms with Crippen molar-refractivity contribution in [3.05, 3.63) is 23.3 Å². The van der Waals surface area contributed by atoms with Gasteiger partial charge in [-0.05, 0) is 36.6 Å². The lowest BCUT2D eigenvalue weighted by molar-refractivity contribution is 0.171. The summed E-state index contributed by atoms with van der Waals surface area (Å²) in [6.07, 6.45) is 1.04. The lowest BCUT2D eigenvalue weighted by atomic mass is 10.1. The van der Waals surface area contributed by atoms with Crippen molar-refractivity contribution < 1.29 is 9.47 Å². The van der Waals surface area contributed by atoms with E-state index in [9.17, 15) is 0 Å². The molecule has 0 saturated carbocycles. The van der Waals surface area contributed by atoms with E-state index in [4.69, 9.17) is 9.47 Å². The van der Waals surface area contributed by atoms with Gasteiger partial charge in [-0.1, -0.05) is 6.92 Å². The predicted molar refractivity (Wildman–Crippen MR) is 51.5 cm³/mol. The Bertz CT molecular complexity index is 318. The van der Waals surface area contributed by atoms with E-state index < -0.39 is 0 Å². The summed E-state index contributed by atoms with van der Waals surface area (Å²) in [4.78, 5) is 0. The monoisotopic (exact) mass is 178 g/mol. The molecular formula is C11H14O2. The van der Waals surface area contributed by atoms with Crippen LogP contribution in [0.4, 0.5) is 0 Å². The largest absolute Gasteiger partial charge is 0.486 e. The van der Waals surface area contributed by atoms with Crippen LogP contribution in [0, 0.1) is 6.92 Å². The Morgan fingerprint density at radius 2 is 1.77 bits per heavy atom. The highest BCUT2D eigenvalue weighted by Crippen LogP contribution is 2.32. The molecule has 0 unspecified atom stereocenters. The molecule has 70 valence electrons. The van der Waals surface area contributed by atoms with Gasteiger partial charge in [0, 0.05) is 0 Å². The predicted octanol–water partition coefficient (Wildman–Crippen LogP) is 2.33. The summed E-state index contributed by atoms with van der Waals surface area (Å²) in [7, 11) is 0. The molecular weight excluding hydrogens is 164 g/mol. The minimum Gasteiger partial charge on any atom is -0.486 e. The Labute approximate surface area is 78.5 Å². The first-order valence-electron chi connectivity index (χ1n) is 4.70. The molecule has 0 atom stereocenters. The fraction of sp³-hybridized carbons (Fsp3) is 0.455. The molecule has 0 aliphatic carbocycles. The van der Waals surface area contributed by atoms with E-state index in [1.54, 1.807) is 0 Å². The van der Waals surface area contributed by atoms with Crippen LogP contribution < -0.4 is 9.47 Å². The quantitative estimate of drug-likeness (QED) is 0.657. The minimum absolute atomic E-state index is 0.665. The van der Waals surface area contributed by atoms with Crippen LogP contribution in [-0.2, 0) is 6.42 Å². The number of hydrogen-bond donors (Lipinski definition) is 0. The van der Waals surface area contributed by atoms with Gasteiger partial charge < -0.3 is 9.47 Å². The summed E-state index contributed by atoms with van der Waals surface area (Å²) in [5.41, 5.74) is 2.62. The number of aryl methyl sites for hydroxylation is 2. The standard InChI is InChI=1S/C11H14O2/c1-3-9-7-11-10(6-8(9)2)12-4-5-13-11/h6-7H,3-5H2,1-2H3. The lowest BCUT2D eigenvalue weighted by Crippen LogP contribution is -2.15. The van der Waals surface area contributed by atoms with Crippen molar-refractivity contribution >= 4 is 0 Å². The van der Waals surface area contributed by atoms with Gasteiger partial charge in [-0.2, -0.15) is 0 Å². The molecule has 13 heavy (non-hydrogen) atoms. The minimum atomic E-state index is 0.665. The van der Waals surface area contributed by atoms with Crippen LogP contribution in [0.2, 0.25) is 0 Å². The Morgan fingerprint density at radius 3 is 2.38 bits per heavy atom. The van der Waals surface area contributed by atoms with E-state index in [0.29, 0.717) is 13.2 Å². The first kappa shape index (κ1) is 8.42. The molecule has 0 amide bonds. The van der Waals surface area contributed by atoms with Gasteiger partial charge in [0.25, 0.3) is 0 Å². The van der Waals surface area contributed by atoms with Crippen LogP contribution in [0.3, 0.4) is 0 Å². The molecule has 2 rings (SSSR count). The summed E-state index contributed by atoms with van der Waals surface area (Å²) in [5, 5.41) is 0. The van der Waals surface area contributed by atoms with Crippen molar-refractivity contribution in [1.29, 1.82) is 0 Å².